The van der Waals surface area contributed by atoms with Gasteiger partial charge in [-0.1, -0.05) is 24.8 Å². The minimum atomic E-state index is -3.19. The van der Waals surface area contributed by atoms with Crippen LogP contribution < -0.4 is 4.74 Å². The fourth-order valence-corrected chi connectivity index (χ4v) is 2.75. The van der Waals surface area contributed by atoms with E-state index in [0.29, 0.717) is 12.2 Å². The number of aromatic hydroxyl groups is 1. The Hall–Kier alpha value is -2.27. The minimum absolute atomic E-state index is 0.0920. The molecule has 116 valence electrons. The van der Waals surface area contributed by atoms with E-state index < -0.39 is 9.84 Å². The maximum Gasteiger partial charge on any atom is 0.175 e. The Morgan fingerprint density at radius 2 is 1.82 bits per heavy atom. The third-order valence-corrected chi connectivity index (χ3v) is 4.48. The highest BCUT2D eigenvalue weighted by Crippen LogP contribution is 2.28. The standard InChI is InChI=1S/C17H18O4S/c1-12(10-13-4-9-16(18)17(11-13)21-2)14-5-7-15(8-6-14)22(3,19)20/h4-9,11,18H,1,10H2,2-3H3. The lowest BCUT2D eigenvalue weighted by Gasteiger charge is -2.09. The van der Waals surface area contributed by atoms with Crippen molar-refractivity contribution in [3.8, 4) is 11.5 Å². The van der Waals surface area contributed by atoms with E-state index in [4.69, 9.17) is 4.74 Å². The molecule has 0 saturated carbocycles. The summed E-state index contributed by atoms with van der Waals surface area (Å²) in [4.78, 5) is 0.287. The van der Waals surface area contributed by atoms with Crippen molar-refractivity contribution in [1.82, 2.24) is 0 Å². The predicted molar refractivity (Wildman–Crippen MR) is 86.9 cm³/mol. The summed E-state index contributed by atoms with van der Waals surface area (Å²) in [5, 5.41) is 9.59. The summed E-state index contributed by atoms with van der Waals surface area (Å²) in [6.07, 6.45) is 1.76. The number of benzene rings is 2. The Morgan fingerprint density at radius 1 is 1.18 bits per heavy atom. The van der Waals surface area contributed by atoms with Gasteiger partial charge >= 0.3 is 0 Å². The summed E-state index contributed by atoms with van der Waals surface area (Å²) in [7, 11) is -1.69. The van der Waals surface area contributed by atoms with Gasteiger partial charge in [0, 0.05) is 6.26 Å². The second-order valence-corrected chi connectivity index (χ2v) is 7.10. The lowest BCUT2D eigenvalue weighted by atomic mass is 9.99. The highest BCUT2D eigenvalue weighted by atomic mass is 32.2. The molecule has 4 nitrogen and oxygen atoms in total. The van der Waals surface area contributed by atoms with Crippen LogP contribution in [0.25, 0.3) is 5.57 Å². The van der Waals surface area contributed by atoms with Crippen LogP contribution in [-0.2, 0) is 16.3 Å². The topological polar surface area (TPSA) is 63.6 Å². The van der Waals surface area contributed by atoms with Gasteiger partial charge in [-0.05, 0) is 47.4 Å². The SMILES string of the molecule is C=C(Cc1ccc(O)c(OC)c1)c1ccc(S(C)(=O)=O)cc1. The van der Waals surface area contributed by atoms with Crippen LogP contribution in [0.1, 0.15) is 11.1 Å². The van der Waals surface area contributed by atoms with Crippen LogP contribution in [0, 0.1) is 0 Å². The molecule has 22 heavy (non-hydrogen) atoms. The Labute approximate surface area is 130 Å². The van der Waals surface area contributed by atoms with Gasteiger partial charge in [0.25, 0.3) is 0 Å². The number of allylic oxidation sites excluding steroid dienone is 1. The molecule has 0 aliphatic rings. The maximum atomic E-state index is 11.4. The zero-order valence-electron chi connectivity index (χ0n) is 12.5. The van der Waals surface area contributed by atoms with E-state index in [0.717, 1.165) is 16.7 Å². The van der Waals surface area contributed by atoms with E-state index >= 15 is 0 Å². The molecule has 0 atom stereocenters. The van der Waals surface area contributed by atoms with Gasteiger partial charge < -0.3 is 9.84 Å². The summed E-state index contributed by atoms with van der Waals surface area (Å²) in [6, 6.07) is 11.8. The molecule has 0 aliphatic heterocycles. The highest BCUT2D eigenvalue weighted by molar-refractivity contribution is 7.90. The molecule has 5 heteroatoms. The number of hydrogen-bond acceptors (Lipinski definition) is 4. The Bertz CT molecular complexity index is 790. The summed E-state index contributed by atoms with van der Waals surface area (Å²) in [6.45, 7) is 4.04. The second kappa shape index (κ2) is 6.23. The summed E-state index contributed by atoms with van der Waals surface area (Å²) in [5.41, 5.74) is 2.68. The van der Waals surface area contributed by atoms with Crippen molar-refractivity contribution in [3.05, 3.63) is 60.2 Å². The lowest BCUT2D eigenvalue weighted by Crippen LogP contribution is -1.97. The molecule has 0 aromatic heterocycles. The van der Waals surface area contributed by atoms with Gasteiger partial charge in [0.05, 0.1) is 12.0 Å². The van der Waals surface area contributed by atoms with Gasteiger partial charge in [0.1, 0.15) is 0 Å². The molecular weight excluding hydrogens is 300 g/mol. The Balaban J connectivity index is 2.19. The quantitative estimate of drug-likeness (QED) is 0.920. The Morgan fingerprint density at radius 3 is 2.36 bits per heavy atom. The molecule has 2 aromatic carbocycles. The van der Waals surface area contributed by atoms with Gasteiger partial charge in [-0.3, -0.25) is 0 Å². The van der Waals surface area contributed by atoms with Crippen molar-refractivity contribution in [2.24, 2.45) is 0 Å². The average molecular weight is 318 g/mol. The largest absolute Gasteiger partial charge is 0.504 e. The molecule has 0 saturated heterocycles. The number of hydrogen-bond donors (Lipinski definition) is 1. The molecule has 0 aliphatic carbocycles. The Kier molecular flexibility index (Phi) is 4.56. The van der Waals surface area contributed by atoms with E-state index in [9.17, 15) is 13.5 Å². The van der Waals surface area contributed by atoms with Gasteiger partial charge in [0.15, 0.2) is 21.3 Å². The van der Waals surface area contributed by atoms with Crippen LogP contribution in [0.2, 0.25) is 0 Å². The molecule has 0 unspecified atom stereocenters. The zero-order valence-corrected chi connectivity index (χ0v) is 13.4. The first kappa shape index (κ1) is 16.1. The van der Waals surface area contributed by atoms with Crippen molar-refractivity contribution < 1.29 is 18.3 Å². The molecule has 0 fully saturated rings. The summed E-state index contributed by atoms with van der Waals surface area (Å²) in [5.74, 6) is 0.507. The van der Waals surface area contributed by atoms with Gasteiger partial charge in [-0.25, -0.2) is 8.42 Å². The zero-order chi connectivity index (χ0) is 16.3. The first-order valence-electron chi connectivity index (χ1n) is 6.65. The van der Waals surface area contributed by atoms with Gasteiger partial charge in [-0.2, -0.15) is 0 Å². The minimum Gasteiger partial charge on any atom is -0.504 e. The lowest BCUT2D eigenvalue weighted by molar-refractivity contribution is 0.373. The molecule has 0 spiro atoms. The average Bonchev–Trinajstić information content (AvgIpc) is 2.48. The smallest absolute Gasteiger partial charge is 0.175 e. The van der Waals surface area contributed by atoms with Crippen LogP contribution in [-0.4, -0.2) is 26.9 Å². The third-order valence-electron chi connectivity index (χ3n) is 3.35. The van der Waals surface area contributed by atoms with Gasteiger partial charge in [-0.15, -0.1) is 0 Å². The van der Waals surface area contributed by atoms with Gasteiger partial charge in [0.2, 0.25) is 0 Å². The molecule has 0 radical (unpaired) electrons. The van der Waals surface area contributed by atoms with E-state index in [1.807, 2.05) is 0 Å². The van der Waals surface area contributed by atoms with Crippen LogP contribution in [0.3, 0.4) is 0 Å². The van der Waals surface area contributed by atoms with Crippen molar-refractivity contribution in [3.63, 3.8) is 0 Å². The van der Waals surface area contributed by atoms with Crippen molar-refractivity contribution in [2.75, 3.05) is 13.4 Å². The van der Waals surface area contributed by atoms with Crippen molar-refractivity contribution in [2.45, 2.75) is 11.3 Å². The molecule has 0 amide bonds. The van der Waals surface area contributed by atoms with E-state index in [1.165, 1.54) is 13.4 Å². The molecule has 2 aromatic rings. The predicted octanol–water partition coefficient (Wildman–Crippen LogP) is 3.06. The maximum absolute atomic E-state index is 11.4. The number of sulfone groups is 1. The molecule has 0 heterocycles. The van der Waals surface area contributed by atoms with E-state index in [-0.39, 0.29) is 10.6 Å². The first-order valence-corrected chi connectivity index (χ1v) is 8.54. The van der Waals surface area contributed by atoms with Crippen LogP contribution in [0.15, 0.2) is 53.9 Å². The van der Waals surface area contributed by atoms with Crippen LogP contribution in [0.4, 0.5) is 0 Å². The number of phenols is 1. The summed E-state index contributed by atoms with van der Waals surface area (Å²) < 4.78 is 28.0. The highest BCUT2D eigenvalue weighted by Gasteiger charge is 2.09. The third kappa shape index (κ3) is 3.68. The second-order valence-electron chi connectivity index (χ2n) is 5.08. The van der Waals surface area contributed by atoms with Crippen molar-refractivity contribution >= 4 is 15.4 Å². The van der Waals surface area contributed by atoms with E-state index in [1.54, 1.807) is 42.5 Å². The number of phenolic OH excluding ortho intramolecular Hbond substituents is 1. The fourth-order valence-electron chi connectivity index (χ4n) is 2.12. The fraction of sp³-hybridized carbons (Fsp3) is 0.176. The number of rotatable bonds is 5. The van der Waals surface area contributed by atoms with E-state index in [2.05, 4.69) is 6.58 Å². The molecule has 1 N–H and O–H groups in total. The molecular formula is C17H18O4S. The number of ether oxygens (including phenoxy) is 1. The molecule has 0 bridgehead atoms. The number of methoxy groups -OCH3 is 1. The normalized spacial score (nSPS) is 11.2. The first-order chi connectivity index (χ1) is 10.3. The molecule has 2 rings (SSSR count). The van der Waals surface area contributed by atoms with Crippen molar-refractivity contribution in [1.29, 1.82) is 0 Å². The van der Waals surface area contributed by atoms with Crippen LogP contribution >= 0.6 is 0 Å². The van der Waals surface area contributed by atoms with Crippen LogP contribution in [0.5, 0.6) is 11.5 Å². The monoisotopic (exact) mass is 318 g/mol. The summed E-state index contributed by atoms with van der Waals surface area (Å²) >= 11 is 0.